The van der Waals surface area contributed by atoms with Gasteiger partial charge in [-0.15, -0.1) is 0 Å². The number of hydrogen-bond acceptors (Lipinski definition) is 3. The number of hydrazone groups is 1. The monoisotopic (exact) mass is 358 g/mol. The molecule has 1 aliphatic heterocycles. The Labute approximate surface area is 137 Å². The Kier molecular flexibility index (Phi) is 3.26. The van der Waals surface area contributed by atoms with Gasteiger partial charge in [0, 0.05) is 4.47 Å². The summed E-state index contributed by atoms with van der Waals surface area (Å²) in [7, 11) is 0. The van der Waals surface area contributed by atoms with Crippen molar-refractivity contribution in [1.29, 1.82) is 0 Å². The van der Waals surface area contributed by atoms with Crippen molar-refractivity contribution in [3.05, 3.63) is 46.5 Å². The standard InChI is InChI=1S/C17H15BrN2O2/c18-13-7-1-10(2-8-13)9-19-20-16(21)14-11-3-4-12(6-5-11)15(14)17(20)22/h1-4,7-9,11-12,14-15H,5-6H2/b19-9-/t11-,12-,14-,15+/m0/s1. The first-order valence-corrected chi connectivity index (χ1v) is 8.30. The summed E-state index contributed by atoms with van der Waals surface area (Å²) in [6.45, 7) is 0. The lowest BCUT2D eigenvalue weighted by Gasteiger charge is -2.37. The van der Waals surface area contributed by atoms with Gasteiger partial charge in [0.2, 0.25) is 0 Å². The minimum absolute atomic E-state index is 0.137. The molecule has 0 aromatic heterocycles. The van der Waals surface area contributed by atoms with Gasteiger partial charge in [-0.25, -0.2) is 0 Å². The highest BCUT2D eigenvalue weighted by Gasteiger charge is 2.56. The topological polar surface area (TPSA) is 49.7 Å². The first kappa shape index (κ1) is 13.9. The van der Waals surface area contributed by atoms with Gasteiger partial charge in [-0.3, -0.25) is 9.59 Å². The molecular weight excluding hydrogens is 344 g/mol. The van der Waals surface area contributed by atoms with Crippen molar-refractivity contribution in [3.8, 4) is 0 Å². The number of rotatable bonds is 2. The molecule has 1 aromatic rings. The van der Waals surface area contributed by atoms with Gasteiger partial charge >= 0.3 is 0 Å². The van der Waals surface area contributed by atoms with Crippen LogP contribution in [0.2, 0.25) is 0 Å². The third kappa shape index (κ3) is 2.07. The molecule has 2 fully saturated rings. The smallest absolute Gasteiger partial charge is 0.254 e. The van der Waals surface area contributed by atoms with Crippen LogP contribution in [0.25, 0.3) is 0 Å². The van der Waals surface area contributed by atoms with Crippen LogP contribution >= 0.6 is 15.9 Å². The SMILES string of the molecule is O=C1[C@@H]2[C@H](C(=O)N1/N=C\c1ccc(Br)cc1)[C@H]1C=C[C@H]2CC1. The summed E-state index contributed by atoms with van der Waals surface area (Å²) in [5.41, 5.74) is 0.861. The molecule has 4 atom stereocenters. The van der Waals surface area contributed by atoms with E-state index in [1.807, 2.05) is 24.3 Å². The predicted octanol–water partition coefficient (Wildman–Crippen LogP) is 2.98. The fourth-order valence-corrected chi connectivity index (χ4v) is 4.11. The molecule has 0 radical (unpaired) electrons. The number of hydrogen-bond donors (Lipinski definition) is 0. The van der Waals surface area contributed by atoms with Crippen LogP contribution in [0.4, 0.5) is 0 Å². The lowest BCUT2D eigenvalue weighted by Crippen LogP contribution is -2.38. The second-order valence-corrected chi connectivity index (χ2v) is 7.04. The minimum atomic E-state index is -0.196. The fraction of sp³-hybridized carbons (Fsp3) is 0.353. The Bertz CT molecular complexity index is 663. The van der Waals surface area contributed by atoms with Gasteiger partial charge in [-0.1, -0.05) is 40.2 Å². The van der Waals surface area contributed by atoms with Gasteiger partial charge in [0.05, 0.1) is 18.1 Å². The average molecular weight is 359 g/mol. The van der Waals surface area contributed by atoms with Crippen molar-refractivity contribution in [2.75, 3.05) is 0 Å². The van der Waals surface area contributed by atoms with Crippen LogP contribution in [0.3, 0.4) is 0 Å². The van der Waals surface area contributed by atoms with E-state index in [0.717, 1.165) is 27.9 Å². The molecule has 3 aliphatic carbocycles. The van der Waals surface area contributed by atoms with Crippen LogP contribution in [0.1, 0.15) is 18.4 Å². The average Bonchev–Trinajstić information content (AvgIpc) is 2.82. The molecule has 0 N–H and O–H groups in total. The lowest BCUT2D eigenvalue weighted by atomic mass is 9.63. The summed E-state index contributed by atoms with van der Waals surface area (Å²) in [6.07, 6.45) is 7.82. The largest absolute Gasteiger partial charge is 0.272 e. The maximum Gasteiger partial charge on any atom is 0.254 e. The summed E-state index contributed by atoms with van der Waals surface area (Å²) >= 11 is 3.37. The molecule has 2 bridgehead atoms. The molecule has 5 heteroatoms. The van der Waals surface area contributed by atoms with E-state index in [9.17, 15) is 9.59 Å². The number of imide groups is 1. The quantitative estimate of drug-likeness (QED) is 0.463. The third-order valence-corrected chi connectivity index (χ3v) is 5.46. The minimum Gasteiger partial charge on any atom is -0.272 e. The van der Waals surface area contributed by atoms with Crippen LogP contribution < -0.4 is 0 Å². The van der Waals surface area contributed by atoms with E-state index in [1.54, 1.807) is 6.21 Å². The molecule has 22 heavy (non-hydrogen) atoms. The number of halogens is 1. The Balaban J connectivity index is 1.60. The van der Waals surface area contributed by atoms with E-state index >= 15 is 0 Å². The molecule has 0 spiro atoms. The number of fused-ring (bicyclic) bond motifs is 1. The number of benzene rings is 1. The van der Waals surface area contributed by atoms with Crippen molar-refractivity contribution in [2.45, 2.75) is 12.8 Å². The fourth-order valence-electron chi connectivity index (χ4n) is 3.85. The Morgan fingerprint density at radius 2 is 1.55 bits per heavy atom. The third-order valence-electron chi connectivity index (χ3n) is 4.93. The zero-order chi connectivity index (χ0) is 15.3. The van der Waals surface area contributed by atoms with Crippen LogP contribution in [-0.4, -0.2) is 23.0 Å². The molecule has 0 unspecified atom stereocenters. The molecule has 112 valence electrons. The van der Waals surface area contributed by atoms with Crippen molar-refractivity contribution in [3.63, 3.8) is 0 Å². The van der Waals surface area contributed by atoms with E-state index in [0.29, 0.717) is 0 Å². The molecule has 4 aliphatic rings. The highest BCUT2D eigenvalue weighted by molar-refractivity contribution is 9.10. The molecule has 1 saturated heterocycles. The Morgan fingerprint density at radius 1 is 1.00 bits per heavy atom. The second-order valence-electron chi connectivity index (χ2n) is 6.13. The van der Waals surface area contributed by atoms with Crippen molar-refractivity contribution in [2.24, 2.45) is 28.8 Å². The molecule has 2 amide bonds. The molecule has 1 saturated carbocycles. The molecule has 4 nitrogen and oxygen atoms in total. The number of carbonyl (C=O) groups is 2. The number of nitrogens with zero attached hydrogens (tertiary/aromatic N) is 2. The van der Waals surface area contributed by atoms with Gasteiger partial charge in [-0.05, 0) is 42.4 Å². The maximum atomic E-state index is 12.6. The van der Waals surface area contributed by atoms with Gasteiger partial charge in [0.1, 0.15) is 0 Å². The summed E-state index contributed by atoms with van der Waals surface area (Å²) in [6, 6.07) is 7.58. The summed E-state index contributed by atoms with van der Waals surface area (Å²) in [5, 5.41) is 5.27. The molecule has 1 heterocycles. The summed E-state index contributed by atoms with van der Waals surface area (Å²) in [5.74, 6) is -0.250. The van der Waals surface area contributed by atoms with Crippen molar-refractivity contribution in [1.82, 2.24) is 5.01 Å². The first-order valence-electron chi connectivity index (χ1n) is 7.51. The van der Waals surface area contributed by atoms with Crippen molar-refractivity contribution < 1.29 is 9.59 Å². The van der Waals surface area contributed by atoms with Crippen LogP contribution in [0.5, 0.6) is 0 Å². The van der Waals surface area contributed by atoms with Crippen LogP contribution in [-0.2, 0) is 9.59 Å². The van der Waals surface area contributed by atoms with Gasteiger partial charge in [-0.2, -0.15) is 10.1 Å². The normalized spacial score (nSPS) is 33.0. The highest BCUT2D eigenvalue weighted by Crippen LogP contribution is 2.49. The van der Waals surface area contributed by atoms with Crippen molar-refractivity contribution >= 4 is 34.0 Å². The van der Waals surface area contributed by atoms with Gasteiger partial charge < -0.3 is 0 Å². The Hall–Kier alpha value is -1.75. The van der Waals surface area contributed by atoms with E-state index in [2.05, 4.69) is 33.2 Å². The molecule has 1 aromatic carbocycles. The van der Waals surface area contributed by atoms with Gasteiger partial charge in [0.25, 0.3) is 11.8 Å². The number of carbonyl (C=O) groups excluding carboxylic acids is 2. The molecular formula is C17H15BrN2O2. The lowest BCUT2D eigenvalue weighted by molar-refractivity contribution is -0.140. The zero-order valence-corrected chi connectivity index (χ0v) is 13.4. The first-order chi connectivity index (χ1) is 10.6. The number of allylic oxidation sites excluding steroid dienone is 2. The number of amides is 2. The van der Waals surface area contributed by atoms with E-state index in [-0.39, 0.29) is 35.5 Å². The van der Waals surface area contributed by atoms with Crippen LogP contribution in [0.15, 0.2) is 46.0 Å². The highest BCUT2D eigenvalue weighted by atomic mass is 79.9. The van der Waals surface area contributed by atoms with Crippen LogP contribution in [0, 0.1) is 23.7 Å². The van der Waals surface area contributed by atoms with E-state index in [1.165, 1.54) is 0 Å². The predicted molar refractivity (Wildman–Crippen MR) is 85.9 cm³/mol. The van der Waals surface area contributed by atoms with E-state index < -0.39 is 0 Å². The second kappa shape index (κ2) is 5.16. The summed E-state index contributed by atoms with van der Waals surface area (Å²) in [4.78, 5) is 25.1. The zero-order valence-electron chi connectivity index (χ0n) is 11.9. The van der Waals surface area contributed by atoms with E-state index in [4.69, 9.17) is 0 Å². The summed E-state index contributed by atoms with van der Waals surface area (Å²) < 4.78 is 0.978. The molecule has 5 rings (SSSR count). The Morgan fingerprint density at radius 3 is 2.05 bits per heavy atom. The maximum absolute atomic E-state index is 12.6. The van der Waals surface area contributed by atoms with Gasteiger partial charge in [0.15, 0.2) is 0 Å².